The molecule has 4 nitrogen and oxygen atoms in total. The van der Waals surface area contributed by atoms with E-state index in [-0.39, 0.29) is 5.41 Å². The van der Waals surface area contributed by atoms with Crippen molar-refractivity contribution < 1.29 is 0 Å². The summed E-state index contributed by atoms with van der Waals surface area (Å²) < 4.78 is 2.45. The average molecular weight is 250 g/mol. The molecule has 1 aliphatic heterocycles. The Hall–Kier alpha value is -0.870. The van der Waals surface area contributed by atoms with E-state index < -0.39 is 0 Å². The lowest BCUT2D eigenvalue weighted by atomic mass is 9.95. The van der Waals surface area contributed by atoms with Gasteiger partial charge in [-0.1, -0.05) is 20.8 Å². The Labute approximate surface area is 110 Å². The fraction of sp³-hybridized carbons (Fsp3) is 0.786. The molecule has 0 fully saturated rings. The molecule has 0 radical (unpaired) electrons. The van der Waals surface area contributed by atoms with Gasteiger partial charge in [-0.25, -0.2) is 4.98 Å². The minimum atomic E-state index is 0.128. The molecule has 102 valence electrons. The number of imidazole rings is 1. The molecule has 0 spiro atoms. The van der Waals surface area contributed by atoms with Crippen LogP contribution in [0.3, 0.4) is 0 Å². The number of aromatic nitrogens is 2. The van der Waals surface area contributed by atoms with Crippen molar-refractivity contribution in [3.8, 4) is 0 Å². The third-order valence-electron chi connectivity index (χ3n) is 3.56. The second-order valence-corrected chi connectivity index (χ2v) is 6.32. The van der Waals surface area contributed by atoms with Gasteiger partial charge in [0.2, 0.25) is 0 Å². The van der Waals surface area contributed by atoms with Gasteiger partial charge in [0.25, 0.3) is 0 Å². The van der Waals surface area contributed by atoms with Gasteiger partial charge in [0.15, 0.2) is 0 Å². The highest BCUT2D eigenvalue weighted by Crippen LogP contribution is 2.27. The minimum Gasteiger partial charge on any atom is -0.329 e. The molecule has 1 aliphatic rings. The monoisotopic (exact) mass is 250 g/mol. The van der Waals surface area contributed by atoms with Gasteiger partial charge in [-0.2, -0.15) is 0 Å². The van der Waals surface area contributed by atoms with E-state index in [9.17, 15) is 0 Å². The van der Waals surface area contributed by atoms with Crippen molar-refractivity contribution in [2.75, 3.05) is 27.2 Å². The molecule has 1 aromatic rings. The van der Waals surface area contributed by atoms with Gasteiger partial charge in [0.05, 0.1) is 11.4 Å². The van der Waals surface area contributed by atoms with Crippen LogP contribution in [0.4, 0.5) is 0 Å². The molecule has 0 unspecified atom stereocenters. The van der Waals surface area contributed by atoms with Crippen LogP contribution in [0.2, 0.25) is 0 Å². The smallest absolute Gasteiger partial charge is 0.114 e. The van der Waals surface area contributed by atoms with Gasteiger partial charge in [0, 0.05) is 38.0 Å². The van der Waals surface area contributed by atoms with Crippen LogP contribution in [0, 0.1) is 0 Å². The fourth-order valence-electron chi connectivity index (χ4n) is 2.58. The standard InChI is InChI=1S/C14H26N4/c1-14(2,3)13-16-11(6-7-15-4)12-10-17(5)8-9-18(12)13/h15H,6-10H2,1-5H3. The number of fused-ring (bicyclic) bond motifs is 1. The minimum absolute atomic E-state index is 0.128. The zero-order valence-corrected chi connectivity index (χ0v) is 12.4. The average Bonchev–Trinajstić information content (AvgIpc) is 2.64. The molecule has 1 N–H and O–H groups in total. The number of hydrogen-bond donors (Lipinski definition) is 1. The van der Waals surface area contributed by atoms with Crippen LogP contribution in [0.25, 0.3) is 0 Å². The zero-order valence-electron chi connectivity index (χ0n) is 12.4. The van der Waals surface area contributed by atoms with Crippen molar-refractivity contribution in [3.05, 3.63) is 17.2 Å². The van der Waals surface area contributed by atoms with Crippen LogP contribution < -0.4 is 5.32 Å². The molecular formula is C14H26N4. The molecule has 0 saturated carbocycles. The summed E-state index contributed by atoms with van der Waals surface area (Å²) in [5.41, 5.74) is 2.83. The van der Waals surface area contributed by atoms with Crippen molar-refractivity contribution in [1.29, 1.82) is 0 Å². The summed E-state index contributed by atoms with van der Waals surface area (Å²) in [6, 6.07) is 0. The Morgan fingerprint density at radius 2 is 2.00 bits per heavy atom. The van der Waals surface area contributed by atoms with Crippen LogP contribution in [-0.2, 0) is 24.9 Å². The summed E-state index contributed by atoms with van der Waals surface area (Å²) >= 11 is 0. The summed E-state index contributed by atoms with van der Waals surface area (Å²) in [6.07, 6.45) is 1.02. The van der Waals surface area contributed by atoms with Gasteiger partial charge in [-0.15, -0.1) is 0 Å². The topological polar surface area (TPSA) is 33.1 Å². The molecule has 0 saturated heterocycles. The first-order valence-electron chi connectivity index (χ1n) is 6.85. The van der Waals surface area contributed by atoms with Crippen LogP contribution in [-0.4, -0.2) is 41.6 Å². The maximum Gasteiger partial charge on any atom is 0.114 e. The lowest BCUT2D eigenvalue weighted by Crippen LogP contribution is -2.33. The van der Waals surface area contributed by atoms with Gasteiger partial charge in [-0.05, 0) is 14.1 Å². The van der Waals surface area contributed by atoms with Gasteiger partial charge in [0.1, 0.15) is 5.82 Å². The Bertz CT molecular complexity index is 414. The van der Waals surface area contributed by atoms with Crippen LogP contribution >= 0.6 is 0 Å². The molecule has 0 aromatic carbocycles. The lowest BCUT2D eigenvalue weighted by molar-refractivity contribution is 0.261. The number of rotatable bonds is 3. The van der Waals surface area contributed by atoms with Gasteiger partial charge in [-0.3, -0.25) is 4.90 Å². The number of likely N-dealkylation sites (N-methyl/N-ethyl adjacent to an activating group) is 2. The van der Waals surface area contributed by atoms with E-state index >= 15 is 0 Å². The third-order valence-corrected chi connectivity index (χ3v) is 3.56. The maximum absolute atomic E-state index is 4.93. The lowest BCUT2D eigenvalue weighted by Gasteiger charge is -2.28. The summed E-state index contributed by atoms with van der Waals surface area (Å²) in [6.45, 7) is 11.0. The van der Waals surface area contributed by atoms with Crippen molar-refractivity contribution in [2.45, 2.75) is 45.7 Å². The predicted molar refractivity (Wildman–Crippen MR) is 74.9 cm³/mol. The fourth-order valence-corrected chi connectivity index (χ4v) is 2.58. The van der Waals surface area contributed by atoms with Gasteiger partial charge < -0.3 is 9.88 Å². The molecule has 1 aromatic heterocycles. The first kappa shape index (κ1) is 13.6. The number of nitrogens with zero attached hydrogens (tertiary/aromatic N) is 3. The molecule has 0 bridgehead atoms. The molecular weight excluding hydrogens is 224 g/mol. The Morgan fingerprint density at radius 3 is 2.61 bits per heavy atom. The van der Waals surface area contributed by atoms with Crippen LogP contribution in [0.5, 0.6) is 0 Å². The van der Waals surface area contributed by atoms with E-state index in [2.05, 4.69) is 42.6 Å². The Morgan fingerprint density at radius 1 is 1.28 bits per heavy atom. The molecule has 0 amide bonds. The second-order valence-electron chi connectivity index (χ2n) is 6.32. The van der Waals surface area contributed by atoms with Crippen molar-refractivity contribution in [1.82, 2.24) is 19.8 Å². The van der Waals surface area contributed by atoms with Crippen molar-refractivity contribution in [3.63, 3.8) is 0 Å². The first-order valence-corrected chi connectivity index (χ1v) is 6.85. The van der Waals surface area contributed by atoms with E-state index in [1.807, 2.05) is 7.05 Å². The maximum atomic E-state index is 4.93. The molecule has 0 aliphatic carbocycles. The largest absolute Gasteiger partial charge is 0.329 e. The van der Waals surface area contributed by atoms with E-state index in [1.54, 1.807) is 0 Å². The molecule has 18 heavy (non-hydrogen) atoms. The SMILES string of the molecule is CNCCc1nc(C(C)(C)C)n2c1CN(C)CC2. The molecule has 2 rings (SSSR count). The molecule has 4 heteroatoms. The van der Waals surface area contributed by atoms with E-state index in [1.165, 1.54) is 17.2 Å². The summed E-state index contributed by atoms with van der Waals surface area (Å²) in [5, 5.41) is 3.22. The van der Waals surface area contributed by atoms with Crippen molar-refractivity contribution >= 4 is 0 Å². The second kappa shape index (κ2) is 5.02. The predicted octanol–water partition coefficient (Wildman–Crippen LogP) is 1.39. The first-order chi connectivity index (χ1) is 8.43. The van der Waals surface area contributed by atoms with Gasteiger partial charge >= 0.3 is 0 Å². The third kappa shape index (κ3) is 2.59. The van der Waals surface area contributed by atoms with Crippen LogP contribution in [0.1, 0.15) is 38.0 Å². The van der Waals surface area contributed by atoms with E-state index in [4.69, 9.17) is 4.98 Å². The summed E-state index contributed by atoms with van der Waals surface area (Å²) in [5.74, 6) is 1.25. The highest BCUT2D eigenvalue weighted by molar-refractivity contribution is 5.23. The number of nitrogens with one attached hydrogen (secondary N) is 1. The van der Waals surface area contributed by atoms with Crippen LogP contribution in [0.15, 0.2) is 0 Å². The van der Waals surface area contributed by atoms with E-state index in [0.717, 1.165) is 32.6 Å². The Balaban J connectivity index is 2.39. The molecule has 2 heterocycles. The normalized spacial score (nSPS) is 16.9. The van der Waals surface area contributed by atoms with E-state index in [0.29, 0.717) is 0 Å². The highest BCUT2D eigenvalue weighted by atomic mass is 15.2. The zero-order chi connectivity index (χ0) is 13.3. The summed E-state index contributed by atoms with van der Waals surface area (Å²) in [7, 11) is 4.19. The molecule has 0 atom stereocenters. The number of hydrogen-bond acceptors (Lipinski definition) is 3. The van der Waals surface area contributed by atoms with Crippen molar-refractivity contribution in [2.24, 2.45) is 0 Å². The quantitative estimate of drug-likeness (QED) is 0.880. The summed E-state index contributed by atoms with van der Waals surface area (Å²) in [4.78, 5) is 7.31. The highest BCUT2D eigenvalue weighted by Gasteiger charge is 2.28. The Kier molecular flexibility index (Phi) is 3.78.